The van der Waals surface area contributed by atoms with Crippen molar-refractivity contribution in [3.05, 3.63) is 83.8 Å². The molecule has 1 atom stereocenters. The second kappa shape index (κ2) is 10.4. The maximum Gasteiger partial charge on any atom is 0.244 e. The summed E-state index contributed by atoms with van der Waals surface area (Å²) in [4.78, 5) is 26.4. The number of fused-ring (bicyclic) bond motifs is 1. The van der Waals surface area contributed by atoms with Gasteiger partial charge >= 0.3 is 0 Å². The Labute approximate surface area is 235 Å². The van der Waals surface area contributed by atoms with Gasteiger partial charge in [-0.3, -0.25) is 9.48 Å². The molecule has 0 saturated carbocycles. The molecule has 0 bridgehead atoms. The number of anilines is 1. The Balaban J connectivity index is 1.20. The highest BCUT2D eigenvalue weighted by molar-refractivity contribution is 5.84. The molecule has 1 aliphatic rings. The average molecular weight is 551 g/mol. The van der Waals surface area contributed by atoms with Crippen molar-refractivity contribution in [2.75, 3.05) is 31.1 Å². The molecule has 5 heterocycles. The minimum absolute atomic E-state index is 0.184. The smallest absolute Gasteiger partial charge is 0.244 e. The van der Waals surface area contributed by atoms with Crippen LogP contribution in [-0.4, -0.2) is 66.3 Å². The fourth-order valence-electron chi connectivity index (χ4n) is 5.06. The predicted molar refractivity (Wildman–Crippen MR) is 150 cm³/mol. The third kappa shape index (κ3) is 4.87. The van der Waals surface area contributed by atoms with Crippen molar-refractivity contribution in [1.29, 1.82) is 5.26 Å². The molecule has 0 radical (unpaired) electrons. The Morgan fingerprint density at radius 1 is 1.05 bits per heavy atom. The Kier molecular flexibility index (Phi) is 6.64. The van der Waals surface area contributed by atoms with Crippen LogP contribution in [0.1, 0.15) is 22.7 Å². The van der Waals surface area contributed by atoms with E-state index in [2.05, 4.69) is 21.2 Å². The number of amides is 1. The molecule has 0 aliphatic carbocycles. The minimum Gasteiger partial charge on any atom is -0.353 e. The number of hydrogen-bond donors (Lipinski definition) is 1. The number of aryl methyl sites for hydroxylation is 2. The van der Waals surface area contributed by atoms with Gasteiger partial charge in [-0.1, -0.05) is 12.1 Å². The molecule has 11 nitrogen and oxygen atoms in total. The maximum atomic E-state index is 13.6. The zero-order chi connectivity index (χ0) is 28.7. The predicted octanol–water partition coefficient (Wildman–Crippen LogP) is 2.86. The van der Waals surface area contributed by atoms with Crippen LogP contribution in [0.15, 0.2) is 61.3 Å². The van der Waals surface area contributed by atoms with E-state index in [9.17, 15) is 14.4 Å². The molecule has 2 N–H and O–H groups in total. The van der Waals surface area contributed by atoms with E-state index in [4.69, 9.17) is 15.7 Å². The monoisotopic (exact) mass is 550 g/mol. The van der Waals surface area contributed by atoms with Crippen molar-refractivity contribution in [3.63, 3.8) is 0 Å². The number of rotatable bonds is 5. The highest BCUT2D eigenvalue weighted by Gasteiger charge is 2.27. The Hall–Kier alpha value is -5.15. The quantitative estimate of drug-likeness (QED) is 0.353. The summed E-state index contributed by atoms with van der Waals surface area (Å²) in [7, 11) is 1.84. The lowest BCUT2D eigenvalue weighted by atomic mass is 10.0. The molecule has 41 heavy (non-hydrogen) atoms. The number of benzene rings is 1. The van der Waals surface area contributed by atoms with Gasteiger partial charge in [0, 0.05) is 56.7 Å². The van der Waals surface area contributed by atoms with Crippen LogP contribution in [0.2, 0.25) is 0 Å². The number of hydrogen-bond acceptors (Lipinski definition) is 8. The van der Waals surface area contributed by atoms with Crippen LogP contribution in [0, 0.1) is 24.1 Å². The molecule has 0 spiro atoms. The Bertz CT molecular complexity index is 1790. The minimum atomic E-state index is -0.841. The molecule has 6 rings (SSSR count). The summed E-state index contributed by atoms with van der Waals surface area (Å²) in [5.41, 5.74) is 11.2. The van der Waals surface area contributed by atoms with Crippen LogP contribution >= 0.6 is 0 Å². The molecule has 1 amide bonds. The summed E-state index contributed by atoms with van der Waals surface area (Å²) in [6.07, 6.45) is 8.64. The van der Waals surface area contributed by atoms with Crippen molar-refractivity contribution >= 4 is 17.2 Å². The van der Waals surface area contributed by atoms with E-state index in [1.807, 2.05) is 25.4 Å². The van der Waals surface area contributed by atoms with Gasteiger partial charge in [0.15, 0.2) is 0 Å². The van der Waals surface area contributed by atoms with E-state index in [1.54, 1.807) is 51.7 Å². The van der Waals surface area contributed by atoms with Crippen molar-refractivity contribution in [2.45, 2.75) is 13.0 Å². The second-order valence-electron chi connectivity index (χ2n) is 10.0. The van der Waals surface area contributed by atoms with E-state index < -0.39 is 6.04 Å². The molecule has 12 heteroatoms. The lowest BCUT2D eigenvalue weighted by Crippen LogP contribution is -2.51. The molecule has 4 aromatic heterocycles. The number of nitrogens with zero attached hydrogens (tertiary/aromatic N) is 9. The maximum absolute atomic E-state index is 13.6. The van der Waals surface area contributed by atoms with E-state index in [-0.39, 0.29) is 11.7 Å². The number of aromatic nitrogens is 6. The first-order chi connectivity index (χ1) is 19.8. The topological polar surface area (TPSA) is 134 Å². The van der Waals surface area contributed by atoms with Crippen molar-refractivity contribution in [2.24, 2.45) is 12.8 Å². The third-order valence-corrected chi connectivity index (χ3v) is 7.36. The zero-order valence-corrected chi connectivity index (χ0v) is 22.6. The summed E-state index contributed by atoms with van der Waals surface area (Å²) < 4.78 is 17.0. The van der Waals surface area contributed by atoms with Gasteiger partial charge in [0.2, 0.25) is 5.91 Å². The van der Waals surface area contributed by atoms with Gasteiger partial charge in [-0.15, -0.1) is 0 Å². The SMILES string of the molecule is Cc1cc(C(N)C(=O)N2CCN(c3ccc(-c4nc(-c5cnn(C)c5)cn5ncc(C#N)c45)cn3)CC2)ccc1F. The van der Waals surface area contributed by atoms with Gasteiger partial charge in [0.05, 0.1) is 30.0 Å². The first-order valence-corrected chi connectivity index (χ1v) is 13.1. The summed E-state index contributed by atoms with van der Waals surface area (Å²) in [6.45, 7) is 3.82. The molecule has 1 unspecified atom stereocenters. The number of halogens is 1. The van der Waals surface area contributed by atoms with Gasteiger partial charge in [-0.25, -0.2) is 18.9 Å². The number of nitrogens with two attached hydrogens (primary N) is 1. The summed E-state index contributed by atoms with van der Waals surface area (Å²) >= 11 is 0. The van der Waals surface area contributed by atoms with Crippen molar-refractivity contribution in [3.8, 4) is 28.6 Å². The van der Waals surface area contributed by atoms with Crippen LogP contribution in [-0.2, 0) is 11.8 Å². The number of piperazine rings is 1. The highest BCUT2D eigenvalue weighted by Crippen LogP contribution is 2.29. The van der Waals surface area contributed by atoms with Gasteiger partial charge in [0.25, 0.3) is 0 Å². The summed E-state index contributed by atoms with van der Waals surface area (Å²) in [5, 5.41) is 18.3. The van der Waals surface area contributed by atoms with E-state index in [0.717, 1.165) is 16.9 Å². The molecule has 1 saturated heterocycles. The highest BCUT2D eigenvalue weighted by atomic mass is 19.1. The van der Waals surface area contributed by atoms with Crippen LogP contribution in [0.25, 0.3) is 28.0 Å². The van der Waals surface area contributed by atoms with Crippen LogP contribution in [0.3, 0.4) is 0 Å². The fraction of sp³-hybridized carbons (Fsp3) is 0.241. The van der Waals surface area contributed by atoms with Gasteiger partial charge in [-0.2, -0.15) is 15.5 Å². The molecular weight excluding hydrogens is 523 g/mol. The number of carbonyl (C=O) groups is 1. The number of pyridine rings is 1. The van der Waals surface area contributed by atoms with Crippen LogP contribution in [0.5, 0.6) is 0 Å². The lowest BCUT2D eigenvalue weighted by Gasteiger charge is -2.36. The number of nitriles is 1. The van der Waals surface area contributed by atoms with E-state index >= 15 is 0 Å². The van der Waals surface area contributed by atoms with Gasteiger partial charge in [0.1, 0.15) is 34.8 Å². The Morgan fingerprint density at radius 2 is 1.85 bits per heavy atom. The van der Waals surface area contributed by atoms with Crippen LogP contribution < -0.4 is 10.6 Å². The standard InChI is InChI=1S/C29H27FN10O/c1-18-11-19(3-5-23(18)30)26(32)29(41)39-9-7-38(8-10-39)25-6-4-20(13-33-25)27-28-21(12-31)14-35-40(28)17-24(36-27)22-15-34-37(2)16-22/h3-6,11,13-17,26H,7-10,32H2,1-2H3. The lowest BCUT2D eigenvalue weighted by molar-refractivity contribution is -0.133. The fourth-order valence-corrected chi connectivity index (χ4v) is 5.06. The van der Waals surface area contributed by atoms with Crippen molar-refractivity contribution < 1.29 is 9.18 Å². The van der Waals surface area contributed by atoms with Crippen molar-refractivity contribution in [1.82, 2.24) is 34.3 Å². The van der Waals surface area contributed by atoms with E-state index in [1.165, 1.54) is 12.3 Å². The van der Waals surface area contributed by atoms with Crippen LogP contribution in [0.4, 0.5) is 10.2 Å². The zero-order valence-electron chi connectivity index (χ0n) is 22.6. The van der Waals surface area contributed by atoms with Gasteiger partial charge < -0.3 is 15.5 Å². The second-order valence-corrected chi connectivity index (χ2v) is 10.0. The largest absolute Gasteiger partial charge is 0.353 e. The first-order valence-electron chi connectivity index (χ1n) is 13.1. The average Bonchev–Trinajstić information content (AvgIpc) is 3.63. The molecule has 206 valence electrons. The first kappa shape index (κ1) is 26.1. The molecular formula is C29H27FN10O. The third-order valence-electron chi connectivity index (χ3n) is 7.36. The molecule has 1 aliphatic heterocycles. The normalized spacial score (nSPS) is 14.3. The molecule has 1 aromatic carbocycles. The Morgan fingerprint density at radius 3 is 2.51 bits per heavy atom. The van der Waals surface area contributed by atoms with E-state index in [0.29, 0.717) is 59.8 Å². The van der Waals surface area contributed by atoms with Gasteiger partial charge in [-0.05, 0) is 36.2 Å². The molecule has 1 fully saturated rings. The summed E-state index contributed by atoms with van der Waals surface area (Å²) in [5.74, 6) is 0.266. The number of carbonyl (C=O) groups excluding carboxylic acids is 1. The molecule has 5 aromatic rings. The summed E-state index contributed by atoms with van der Waals surface area (Å²) in [6, 6.07) is 9.72.